The van der Waals surface area contributed by atoms with Gasteiger partial charge in [0.15, 0.2) is 0 Å². The van der Waals surface area contributed by atoms with E-state index in [2.05, 4.69) is 22.6 Å². The van der Waals surface area contributed by atoms with Crippen LogP contribution in [0.4, 0.5) is 5.69 Å². The number of halogens is 1. The molecule has 7 heteroatoms. The SMILES string of the molecule is O=C1CC(N(Cc2ccccc2)C(=O)c2cccs2)C(=O)N1c1ccc(I)cc1. The van der Waals surface area contributed by atoms with Gasteiger partial charge in [-0.25, -0.2) is 4.90 Å². The van der Waals surface area contributed by atoms with Crippen LogP contribution in [-0.4, -0.2) is 28.7 Å². The van der Waals surface area contributed by atoms with Gasteiger partial charge in [-0.2, -0.15) is 0 Å². The number of hydrogen-bond donors (Lipinski definition) is 0. The van der Waals surface area contributed by atoms with E-state index in [-0.39, 0.29) is 30.7 Å². The lowest BCUT2D eigenvalue weighted by atomic mass is 10.1. The summed E-state index contributed by atoms with van der Waals surface area (Å²) in [7, 11) is 0. The Morgan fingerprint density at radius 2 is 1.76 bits per heavy atom. The van der Waals surface area contributed by atoms with Crippen LogP contribution in [0.15, 0.2) is 72.1 Å². The lowest BCUT2D eigenvalue weighted by molar-refractivity contribution is -0.122. The molecule has 5 nitrogen and oxygen atoms in total. The van der Waals surface area contributed by atoms with Gasteiger partial charge in [0.25, 0.3) is 11.8 Å². The smallest absolute Gasteiger partial charge is 0.264 e. The molecule has 4 rings (SSSR count). The predicted molar refractivity (Wildman–Crippen MR) is 121 cm³/mol. The van der Waals surface area contributed by atoms with Crippen molar-refractivity contribution < 1.29 is 14.4 Å². The average molecular weight is 516 g/mol. The summed E-state index contributed by atoms with van der Waals surface area (Å²) in [6.45, 7) is 0.266. The molecule has 1 atom stereocenters. The second-order valence-corrected chi connectivity index (χ2v) is 8.85. The molecular formula is C22H17IN2O3S. The van der Waals surface area contributed by atoms with Gasteiger partial charge in [-0.05, 0) is 63.9 Å². The number of amides is 3. The maximum Gasteiger partial charge on any atom is 0.264 e. The number of nitrogens with zero attached hydrogens (tertiary/aromatic N) is 2. The molecule has 0 saturated carbocycles. The molecule has 29 heavy (non-hydrogen) atoms. The Kier molecular flexibility index (Phi) is 5.77. The van der Waals surface area contributed by atoms with Crippen LogP contribution in [0.1, 0.15) is 21.7 Å². The summed E-state index contributed by atoms with van der Waals surface area (Å²) in [5, 5.41) is 1.83. The number of imide groups is 1. The quantitative estimate of drug-likeness (QED) is 0.375. The first kappa shape index (κ1) is 19.8. The van der Waals surface area contributed by atoms with Gasteiger partial charge in [-0.3, -0.25) is 14.4 Å². The van der Waals surface area contributed by atoms with Crippen LogP contribution in [0, 0.1) is 3.57 Å². The van der Waals surface area contributed by atoms with Gasteiger partial charge in [0.05, 0.1) is 17.0 Å². The van der Waals surface area contributed by atoms with E-state index in [4.69, 9.17) is 0 Å². The fourth-order valence-corrected chi connectivity index (χ4v) is 4.40. The van der Waals surface area contributed by atoms with E-state index in [1.54, 1.807) is 24.3 Å². The second kappa shape index (κ2) is 8.46. The number of rotatable bonds is 5. The lowest BCUT2D eigenvalue weighted by Crippen LogP contribution is -2.44. The van der Waals surface area contributed by atoms with E-state index in [1.807, 2.05) is 47.8 Å². The molecule has 1 unspecified atom stereocenters. The Labute approximate surface area is 186 Å². The van der Waals surface area contributed by atoms with E-state index in [0.717, 1.165) is 9.13 Å². The Morgan fingerprint density at radius 1 is 1.03 bits per heavy atom. The Morgan fingerprint density at radius 3 is 2.41 bits per heavy atom. The fourth-order valence-electron chi connectivity index (χ4n) is 3.37. The molecule has 2 aromatic carbocycles. The molecule has 0 aliphatic carbocycles. The normalized spacial score (nSPS) is 16.3. The highest BCUT2D eigenvalue weighted by atomic mass is 127. The maximum absolute atomic E-state index is 13.2. The molecule has 1 fully saturated rings. The molecule has 1 saturated heterocycles. The van der Waals surface area contributed by atoms with E-state index in [1.165, 1.54) is 21.1 Å². The molecule has 1 aliphatic rings. The van der Waals surface area contributed by atoms with E-state index < -0.39 is 6.04 Å². The molecule has 1 aliphatic heterocycles. The highest BCUT2D eigenvalue weighted by Gasteiger charge is 2.44. The van der Waals surface area contributed by atoms with Crippen molar-refractivity contribution in [3.05, 3.63) is 86.1 Å². The Hall–Kier alpha value is -2.52. The number of carbonyl (C=O) groups is 3. The third-order valence-corrected chi connectivity index (χ3v) is 6.35. The van der Waals surface area contributed by atoms with Crippen molar-refractivity contribution >= 4 is 57.3 Å². The molecule has 3 aromatic rings. The van der Waals surface area contributed by atoms with Crippen molar-refractivity contribution in [2.45, 2.75) is 19.0 Å². The van der Waals surface area contributed by atoms with Gasteiger partial charge in [-0.1, -0.05) is 36.4 Å². The minimum absolute atomic E-state index is 0.0191. The number of carbonyl (C=O) groups excluding carboxylic acids is 3. The van der Waals surface area contributed by atoms with Crippen LogP contribution in [0.3, 0.4) is 0 Å². The third-order valence-electron chi connectivity index (χ3n) is 4.77. The van der Waals surface area contributed by atoms with E-state index >= 15 is 0 Å². The summed E-state index contributed by atoms with van der Waals surface area (Å²) in [5.74, 6) is -0.894. The van der Waals surface area contributed by atoms with Crippen LogP contribution < -0.4 is 4.90 Å². The summed E-state index contributed by atoms with van der Waals surface area (Å²) < 4.78 is 1.01. The minimum atomic E-state index is -0.823. The van der Waals surface area contributed by atoms with Crippen LogP contribution in [-0.2, 0) is 16.1 Å². The Bertz CT molecular complexity index is 1040. The monoisotopic (exact) mass is 516 g/mol. The standard InChI is InChI=1S/C22H17IN2O3S/c23-16-8-10-17(11-9-16)25-20(26)13-18(21(25)27)24(14-15-5-2-1-3-6-15)22(28)19-7-4-12-29-19/h1-12,18H,13-14H2. The molecule has 0 spiro atoms. The van der Waals surface area contributed by atoms with Gasteiger partial charge < -0.3 is 4.90 Å². The highest BCUT2D eigenvalue weighted by molar-refractivity contribution is 14.1. The van der Waals surface area contributed by atoms with Gasteiger partial charge in [0, 0.05) is 10.1 Å². The number of benzene rings is 2. The first-order valence-electron chi connectivity index (χ1n) is 9.05. The van der Waals surface area contributed by atoms with Crippen LogP contribution in [0.2, 0.25) is 0 Å². The van der Waals surface area contributed by atoms with Crippen molar-refractivity contribution in [1.29, 1.82) is 0 Å². The topological polar surface area (TPSA) is 57.7 Å². The summed E-state index contributed by atoms with van der Waals surface area (Å²) in [5.41, 5.74) is 1.44. The van der Waals surface area contributed by atoms with Crippen molar-refractivity contribution in [2.24, 2.45) is 0 Å². The predicted octanol–water partition coefficient (Wildman–Crippen LogP) is 4.33. The lowest BCUT2D eigenvalue weighted by Gasteiger charge is -2.27. The number of thiophene rings is 1. The number of anilines is 1. The summed E-state index contributed by atoms with van der Waals surface area (Å²) in [6.07, 6.45) is -0.0191. The van der Waals surface area contributed by atoms with Crippen molar-refractivity contribution in [3.63, 3.8) is 0 Å². The van der Waals surface area contributed by atoms with Gasteiger partial charge in [-0.15, -0.1) is 11.3 Å². The van der Waals surface area contributed by atoms with Crippen LogP contribution in [0.5, 0.6) is 0 Å². The fraction of sp³-hybridized carbons (Fsp3) is 0.136. The van der Waals surface area contributed by atoms with E-state index in [0.29, 0.717) is 10.6 Å². The van der Waals surface area contributed by atoms with Crippen molar-refractivity contribution in [2.75, 3.05) is 4.90 Å². The summed E-state index contributed by atoms with van der Waals surface area (Å²) in [6, 6.07) is 19.4. The maximum atomic E-state index is 13.2. The average Bonchev–Trinajstić information content (AvgIpc) is 3.36. The zero-order chi connectivity index (χ0) is 20.4. The zero-order valence-corrected chi connectivity index (χ0v) is 18.3. The van der Waals surface area contributed by atoms with Crippen LogP contribution >= 0.6 is 33.9 Å². The van der Waals surface area contributed by atoms with Gasteiger partial charge >= 0.3 is 0 Å². The minimum Gasteiger partial charge on any atom is -0.321 e. The molecule has 2 heterocycles. The largest absolute Gasteiger partial charge is 0.321 e. The van der Waals surface area contributed by atoms with Gasteiger partial charge in [0.2, 0.25) is 5.91 Å². The molecule has 3 amide bonds. The van der Waals surface area contributed by atoms with Crippen molar-refractivity contribution in [3.8, 4) is 0 Å². The molecule has 0 bridgehead atoms. The van der Waals surface area contributed by atoms with Crippen molar-refractivity contribution in [1.82, 2.24) is 4.90 Å². The highest BCUT2D eigenvalue weighted by Crippen LogP contribution is 2.28. The molecular weight excluding hydrogens is 499 g/mol. The summed E-state index contributed by atoms with van der Waals surface area (Å²) in [4.78, 5) is 42.4. The zero-order valence-electron chi connectivity index (χ0n) is 15.3. The summed E-state index contributed by atoms with van der Waals surface area (Å²) >= 11 is 3.50. The second-order valence-electron chi connectivity index (χ2n) is 6.66. The molecule has 0 N–H and O–H groups in total. The van der Waals surface area contributed by atoms with Gasteiger partial charge in [0.1, 0.15) is 6.04 Å². The van der Waals surface area contributed by atoms with Crippen LogP contribution in [0.25, 0.3) is 0 Å². The molecule has 146 valence electrons. The molecule has 1 aromatic heterocycles. The van der Waals surface area contributed by atoms with E-state index in [9.17, 15) is 14.4 Å². The Balaban J connectivity index is 1.66. The first-order chi connectivity index (χ1) is 14.0. The number of hydrogen-bond acceptors (Lipinski definition) is 4. The molecule has 0 radical (unpaired) electrons. The first-order valence-corrected chi connectivity index (χ1v) is 11.0. The third kappa shape index (κ3) is 4.11.